The molecule has 0 aliphatic heterocycles. The molecule has 0 aromatic carbocycles. The van der Waals surface area contributed by atoms with Gasteiger partial charge in [-0.25, -0.2) is 14.3 Å². The average Bonchev–Trinajstić information content (AvgIpc) is 2.59. The van der Waals surface area contributed by atoms with Crippen LogP contribution in [-0.4, -0.2) is 39.7 Å². The smallest absolute Gasteiger partial charge is 0.358 e. The summed E-state index contributed by atoms with van der Waals surface area (Å²) in [5.74, 6) is -2.27. The van der Waals surface area contributed by atoms with Crippen LogP contribution in [0.15, 0.2) is 6.07 Å². The monoisotopic (exact) mass is 226 g/mol. The molecule has 0 fully saturated rings. The second-order valence-electron chi connectivity index (χ2n) is 3.07. The van der Waals surface area contributed by atoms with E-state index in [1.54, 1.807) is 0 Å². The topological polar surface area (TPSA) is 98.5 Å². The third-order valence-electron chi connectivity index (χ3n) is 1.77. The number of ketones is 1. The highest BCUT2D eigenvalue weighted by molar-refractivity contribution is 5.92. The SMILES string of the molecule is COC(=O)c1cc(C(=O)O)n(CC(C)=O)n1. The highest BCUT2D eigenvalue weighted by Crippen LogP contribution is 2.06. The van der Waals surface area contributed by atoms with Crippen molar-refractivity contribution in [2.24, 2.45) is 0 Å². The van der Waals surface area contributed by atoms with E-state index < -0.39 is 11.9 Å². The fraction of sp³-hybridized carbons (Fsp3) is 0.333. The Labute approximate surface area is 90.6 Å². The molecular formula is C9H10N2O5. The van der Waals surface area contributed by atoms with Crippen LogP contribution in [0.3, 0.4) is 0 Å². The van der Waals surface area contributed by atoms with Gasteiger partial charge in [0.1, 0.15) is 12.2 Å². The van der Waals surface area contributed by atoms with E-state index in [0.717, 1.165) is 17.9 Å². The van der Waals surface area contributed by atoms with E-state index in [1.165, 1.54) is 6.92 Å². The number of carboxylic acids is 1. The maximum atomic E-state index is 11.1. The number of aromatic nitrogens is 2. The molecule has 0 saturated carbocycles. The normalized spacial score (nSPS) is 9.88. The Bertz CT molecular complexity index is 449. The molecule has 7 heteroatoms. The molecule has 0 aliphatic rings. The zero-order valence-corrected chi connectivity index (χ0v) is 8.76. The van der Waals surface area contributed by atoms with Gasteiger partial charge in [-0.1, -0.05) is 0 Å². The molecule has 0 aliphatic carbocycles. The Morgan fingerprint density at radius 3 is 2.56 bits per heavy atom. The Balaban J connectivity index is 3.14. The number of carbonyl (C=O) groups excluding carboxylic acids is 2. The molecule has 1 aromatic heterocycles. The van der Waals surface area contributed by atoms with E-state index in [4.69, 9.17) is 5.11 Å². The molecule has 0 atom stereocenters. The molecule has 0 spiro atoms. The molecule has 1 aromatic rings. The Kier molecular flexibility index (Phi) is 3.39. The predicted octanol–water partition coefficient (Wildman–Crippen LogP) is -0.0431. The molecule has 86 valence electrons. The van der Waals surface area contributed by atoms with Gasteiger partial charge in [-0.3, -0.25) is 4.79 Å². The number of nitrogens with zero attached hydrogens (tertiary/aromatic N) is 2. The van der Waals surface area contributed by atoms with Crippen molar-refractivity contribution in [3.05, 3.63) is 17.5 Å². The molecule has 1 heterocycles. The van der Waals surface area contributed by atoms with Gasteiger partial charge in [0.05, 0.1) is 7.11 Å². The lowest BCUT2D eigenvalue weighted by Gasteiger charge is -1.99. The number of ether oxygens (including phenoxy) is 1. The third-order valence-corrected chi connectivity index (χ3v) is 1.77. The van der Waals surface area contributed by atoms with Gasteiger partial charge in [-0.2, -0.15) is 5.10 Å². The number of carboxylic acid groups (broad SMARTS) is 1. The van der Waals surface area contributed by atoms with Gasteiger partial charge in [-0.05, 0) is 6.92 Å². The van der Waals surface area contributed by atoms with Crippen LogP contribution in [0.5, 0.6) is 0 Å². The Morgan fingerprint density at radius 1 is 1.50 bits per heavy atom. The standard InChI is InChI=1S/C9H10N2O5/c1-5(12)4-11-7(8(13)14)3-6(10-11)9(15)16-2/h3H,4H2,1-2H3,(H,13,14). The second kappa shape index (κ2) is 4.56. The van der Waals surface area contributed by atoms with Crippen molar-refractivity contribution < 1.29 is 24.2 Å². The van der Waals surface area contributed by atoms with E-state index in [-0.39, 0.29) is 23.7 Å². The number of carbonyl (C=O) groups is 3. The van der Waals surface area contributed by atoms with E-state index in [0.29, 0.717) is 0 Å². The van der Waals surface area contributed by atoms with Crippen LogP contribution in [-0.2, 0) is 16.1 Å². The van der Waals surface area contributed by atoms with Crippen molar-refractivity contribution in [3.8, 4) is 0 Å². The molecule has 0 unspecified atom stereocenters. The number of esters is 1. The van der Waals surface area contributed by atoms with Crippen molar-refractivity contribution in [2.45, 2.75) is 13.5 Å². The summed E-state index contributed by atoms with van der Waals surface area (Å²) >= 11 is 0. The summed E-state index contributed by atoms with van der Waals surface area (Å²) in [6.45, 7) is 1.10. The summed E-state index contributed by atoms with van der Waals surface area (Å²) in [7, 11) is 1.16. The maximum Gasteiger partial charge on any atom is 0.358 e. The summed E-state index contributed by atoms with van der Waals surface area (Å²) in [5.41, 5.74) is -0.364. The first kappa shape index (κ1) is 11.9. The number of hydrogen-bond donors (Lipinski definition) is 1. The highest BCUT2D eigenvalue weighted by atomic mass is 16.5. The summed E-state index contributed by atoms with van der Waals surface area (Å²) in [4.78, 5) is 32.8. The molecule has 1 N–H and O–H groups in total. The molecule has 0 radical (unpaired) electrons. The molecule has 0 saturated heterocycles. The van der Waals surface area contributed by atoms with Crippen molar-refractivity contribution in [1.29, 1.82) is 0 Å². The predicted molar refractivity (Wildman–Crippen MR) is 51.2 cm³/mol. The van der Waals surface area contributed by atoms with Gasteiger partial charge < -0.3 is 9.84 Å². The summed E-state index contributed by atoms with van der Waals surface area (Å²) in [5, 5.41) is 12.5. The van der Waals surface area contributed by atoms with Crippen LogP contribution in [0.4, 0.5) is 0 Å². The second-order valence-corrected chi connectivity index (χ2v) is 3.07. The summed E-state index contributed by atoms with van der Waals surface area (Å²) in [6, 6.07) is 1.07. The van der Waals surface area contributed by atoms with E-state index in [9.17, 15) is 14.4 Å². The molecule has 1 rings (SSSR count). The average molecular weight is 226 g/mol. The lowest BCUT2D eigenvalue weighted by atomic mass is 10.3. The molecule has 7 nitrogen and oxygen atoms in total. The van der Waals surface area contributed by atoms with Crippen molar-refractivity contribution >= 4 is 17.7 Å². The lowest BCUT2D eigenvalue weighted by molar-refractivity contribution is -0.117. The first-order valence-electron chi connectivity index (χ1n) is 4.34. The fourth-order valence-electron chi connectivity index (χ4n) is 1.12. The molecule has 16 heavy (non-hydrogen) atoms. The van der Waals surface area contributed by atoms with E-state index in [1.807, 2.05) is 0 Å². The van der Waals surface area contributed by atoms with Crippen molar-refractivity contribution in [3.63, 3.8) is 0 Å². The van der Waals surface area contributed by atoms with Gasteiger partial charge in [0, 0.05) is 6.07 Å². The molecule has 0 amide bonds. The largest absolute Gasteiger partial charge is 0.477 e. The molecule has 0 bridgehead atoms. The van der Waals surface area contributed by atoms with Gasteiger partial charge in [0.2, 0.25) is 0 Å². The Hall–Kier alpha value is -2.18. The maximum absolute atomic E-state index is 11.1. The van der Waals surface area contributed by atoms with Crippen molar-refractivity contribution in [2.75, 3.05) is 7.11 Å². The first-order chi connectivity index (χ1) is 7.45. The first-order valence-corrected chi connectivity index (χ1v) is 4.34. The number of Topliss-reactive ketones (excluding diaryl/α,β-unsaturated/α-hetero) is 1. The van der Waals surface area contributed by atoms with Gasteiger partial charge in [0.25, 0.3) is 0 Å². The van der Waals surface area contributed by atoms with Crippen LogP contribution < -0.4 is 0 Å². The minimum absolute atomic E-state index is 0.138. The van der Waals surface area contributed by atoms with Gasteiger partial charge in [0.15, 0.2) is 11.5 Å². The Morgan fingerprint density at radius 2 is 2.12 bits per heavy atom. The molecular weight excluding hydrogens is 216 g/mol. The number of rotatable bonds is 4. The number of aromatic carboxylic acids is 1. The van der Waals surface area contributed by atoms with E-state index in [2.05, 4.69) is 9.84 Å². The number of methoxy groups -OCH3 is 1. The van der Waals surface area contributed by atoms with Crippen molar-refractivity contribution in [1.82, 2.24) is 9.78 Å². The van der Waals surface area contributed by atoms with E-state index >= 15 is 0 Å². The zero-order chi connectivity index (χ0) is 12.3. The zero-order valence-electron chi connectivity index (χ0n) is 8.76. The lowest BCUT2D eigenvalue weighted by Crippen LogP contribution is -2.14. The van der Waals surface area contributed by atoms with Crippen LogP contribution in [0.1, 0.15) is 27.9 Å². The fourth-order valence-corrected chi connectivity index (χ4v) is 1.12. The minimum atomic E-state index is -1.26. The van der Waals surface area contributed by atoms with Crippen LogP contribution in [0.25, 0.3) is 0 Å². The highest BCUT2D eigenvalue weighted by Gasteiger charge is 2.19. The summed E-state index contributed by atoms with van der Waals surface area (Å²) < 4.78 is 5.35. The summed E-state index contributed by atoms with van der Waals surface area (Å²) in [6.07, 6.45) is 0. The van der Waals surface area contributed by atoms with Crippen LogP contribution in [0.2, 0.25) is 0 Å². The number of hydrogen-bond acceptors (Lipinski definition) is 5. The quantitative estimate of drug-likeness (QED) is 0.723. The third kappa shape index (κ3) is 2.44. The van der Waals surface area contributed by atoms with Crippen LogP contribution in [0, 0.1) is 0 Å². The van der Waals surface area contributed by atoms with Gasteiger partial charge in [-0.15, -0.1) is 0 Å². The minimum Gasteiger partial charge on any atom is -0.477 e. The van der Waals surface area contributed by atoms with Crippen LogP contribution >= 0.6 is 0 Å². The van der Waals surface area contributed by atoms with Gasteiger partial charge >= 0.3 is 11.9 Å².